The standard InChI is InChI=1S/C15H20BrNO2/c1-15(2)6-7-17(10-15)9-13(18)11-4-5-14(19-3)12(16)8-11/h4-5,8H,6-7,9-10H2,1-3H3. The fraction of sp³-hybridized carbons (Fsp3) is 0.533. The van der Waals surface area contributed by atoms with Crippen molar-refractivity contribution < 1.29 is 9.53 Å². The highest BCUT2D eigenvalue weighted by atomic mass is 79.9. The lowest BCUT2D eigenvalue weighted by Crippen LogP contribution is -2.29. The van der Waals surface area contributed by atoms with Crippen LogP contribution in [0.1, 0.15) is 30.6 Å². The van der Waals surface area contributed by atoms with Crippen molar-refractivity contribution in [3.63, 3.8) is 0 Å². The highest BCUT2D eigenvalue weighted by molar-refractivity contribution is 9.10. The van der Waals surface area contributed by atoms with E-state index < -0.39 is 0 Å². The molecule has 1 aliphatic heterocycles. The Labute approximate surface area is 123 Å². The minimum Gasteiger partial charge on any atom is -0.496 e. The Morgan fingerprint density at radius 2 is 2.21 bits per heavy atom. The first-order valence-electron chi connectivity index (χ1n) is 6.50. The van der Waals surface area contributed by atoms with E-state index in [0.29, 0.717) is 12.0 Å². The van der Waals surface area contributed by atoms with Crippen LogP contribution >= 0.6 is 15.9 Å². The van der Waals surface area contributed by atoms with E-state index in [1.165, 1.54) is 0 Å². The molecule has 19 heavy (non-hydrogen) atoms. The predicted octanol–water partition coefficient (Wildman–Crippen LogP) is 3.37. The van der Waals surface area contributed by atoms with Crippen LogP contribution in [0.2, 0.25) is 0 Å². The number of hydrogen-bond acceptors (Lipinski definition) is 3. The monoisotopic (exact) mass is 325 g/mol. The lowest BCUT2D eigenvalue weighted by molar-refractivity contribution is 0.0940. The molecule has 1 aliphatic rings. The van der Waals surface area contributed by atoms with Crippen molar-refractivity contribution in [3.05, 3.63) is 28.2 Å². The zero-order valence-electron chi connectivity index (χ0n) is 11.7. The Kier molecular flexibility index (Phi) is 4.31. The average Bonchev–Trinajstić information content (AvgIpc) is 2.68. The zero-order valence-corrected chi connectivity index (χ0v) is 13.3. The lowest BCUT2D eigenvalue weighted by atomic mass is 9.93. The van der Waals surface area contributed by atoms with Gasteiger partial charge in [0.15, 0.2) is 5.78 Å². The van der Waals surface area contributed by atoms with Crippen LogP contribution in [0.4, 0.5) is 0 Å². The fourth-order valence-corrected chi connectivity index (χ4v) is 3.03. The minimum absolute atomic E-state index is 0.168. The molecule has 1 fully saturated rings. The topological polar surface area (TPSA) is 29.5 Å². The first-order valence-corrected chi connectivity index (χ1v) is 7.30. The molecule has 0 atom stereocenters. The maximum atomic E-state index is 12.3. The van der Waals surface area contributed by atoms with Crippen LogP contribution in [0.25, 0.3) is 0 Å². The number of nitrogens with zero attached hydrogens (tertiary/aromatic N) is 1. The number of Topliss-reactive ketones (excluding diaryl/α,β-unsaturated/α-hetero) is 1. The number of hydrogen-bond donors (Lipinski definition) is 0. The third-order valence-electron chi connectivity index (χ3n) is 3.60. The SMILES string of the molecule is COc1ccc(C(=O)CN2CCC(C)(C)C2)cc1Br. The zero-order chi connectivity index (χ0) is 14.0. The van der Waals surface area contributed by atoms with Gasteiger partial charge in [-0.3, -0.25) is 9.69 Å². The van der Waals surface area contributed by atoms with E-state index >= 15 is 0 Å². The van der Waals surface area contributed by atoms with E-state index in [0.717, 1.165) is 35.3 Å². The molecule has 0 radical (unpaired) electrons. The van der Waals surface area contributed by atoms with Gasteiger partial charge < -0.3 is 4.74 Å². The molecule has 0 unspecified atom stereocenters. The summed E-state index contributed by atoms with van der Waals surface area (Å²) < 4.78 is 5.99. The van der Waals surface area contributed by atoms with Crippen molar-refractivity contribution in [1.82, 2.24) is 4.90 Å². The maximum absolute atomic E-state index is 12.3. The normalized spacial score (nSPS) is 18.5. The molecule has 1 heterocycles. The number of likely N-dealkylation sites (tertiary alicyclic amines) is 1. The summed E-state index contributed by atoms with van der Waals surface area (Å²) >= 11 is 3.42. The summed E-state index contributed by atoms with van der Waals surface area (Å²) in [4.78, 5) is 14.5. The molecule has 3 nitrogen and oxygen atoms in total. The van der Waals surface area contributed by atoms with Crippen LogP contribution in [-0.2, 0) is 0 Å². The van der Waals surface area contributed by atoms with Crippen LogP contribution in [0.3, 0.4) is 0 Å². The second kappa shape index (κ2) is 5.63. The molecule has 0 amide bonds. The van der Waals surface area contributed by atoms with Gasteiger partial charge in [-0.05, 0) is 52.5 Å². The molecular weight excluding hydrogens is 306 g/mol. The van der Waals surface area contributed by atoms with Gasteiger partial charge in [-0.1, -0.05) is 13.8 Å². The van der Waals surface area contributed by atoms with E-state index in [1.54, 1.807) is 7.11 Å². The number of halogens is 1. The third-order valence-corrected chi connectivity index (χ3v) is 4.22. The summed E-state index contributed by atoms with van der Waals surface area (Å²) in [5.41, 5.74) is 1.07. The van der Waals surface area contributed by atoms with Gasteiger partial charge in [0.05, 0.1) is 18.1 Å². The predicted molar refractivity (Wildman–Crippen MR) is 79.9 cm³/mol. The molecule has 4 heteroatoms. The number of benzene rings is 1. The molecular formula is C15H20BrNO2. The molecule has 0 N–H and O–H groups in total. The minimum atomic E-state index is 0.168. The van der Waals surface area contributed by atoms with Crippen molar-refractivity contribution in [1.29, 1.82) is 0 Å². The van der Waals surface area contributed by atoms with Gasteiger partial charge in [0.2, 0.25) is 0 Å². The van der Waals surface area contributed by atoms with E-state index in [-0.39, 0.29) is 5.78 Å². The first-order chi connectivity index (χ1) is 8.91. The van der Waals surface area contributed by atoms with Gasteiger partial charge in [-0.2, -0.15) is 0 Å². The van der Waals surface area contributed by atoms with Gasteiger partial charge in [0.1, 0.15) is 5.75 Å². The Balaban J connectivity index is 2.02. The average molecular weight is 326 g/mol. The molecule has 1 aromatic carbocycles. The van der Waals surface area contributed by atoms with Crippen LogP contribution < -0.4 is 4.74 Å². The second-order valence-corrected chi connectivity index (χ2v) is 6.75. The smallest absolute Gasteiger partial charge is 0.176 e. The molecule has 1 aromatic rings. The Hall–Kier alpha value is -0.870. The lowest BCUT2D eigenvalue weighted by Gasteiger charge is -2.19. The third kappa shape index (κ3) is 3.57. The molecule has 0 spiro atoms. The van der Waals surface area contributed by atoms with E-state index in [1.807, 2.05) is 18.2 Å². The van der Waals surface area contributed by atoms with E-state index in [9.17, 15) is 4.79 Å². The van der Waals surface area contributed by atoms with Crippen LogP contribution in [0.5, 0.6) is 5.75 Å². The molecule has 104 valence electrons. The van der Waals surface area contributed by atoms with Crippen molar-refractivity contribution >= 4 is 21.7 Å². The molecule has 0 aromatic heterocycles. The molecule has 0 bridgehead atoms. The van der Waals surface area contributed by atoms with Crippen molar-refractivity contribution in [3.8, 4) is 5.75 Å². The van der Waals surface area contributed by atoms with E-state index in [2.05, 4.69) is 34.7 Å². The molecule has 0 aliphatic carbocycles. The van der Waals surface area contributed by atoms with Crippen LogP contribution in [-0.4, -0.2) is 37.4 Å². The number of carbonyl (C=O) groups excluding carboxylic acids is 1. The van der Waals surface area contributed by atoms with Gasteiger partial charge in [0, 0.05) is 12.1 Å². The number of ether oxygens (including phenoxy) is 1. The molecule has 2 rings (SSSR count). The maximum Gasteiger partial charge on any atom is 0.176 e. The van der Waals surface area contributed by atoms with Gasteiger partial charge in [-0.15, -0.1) is 0 Å². The first kappa shape index (κ1) is 14.5. The van der Waals surface area contributed by atoms with E-state index in [4.69, 9.17) is 4.74 Å². The summed E-state index contributed by atoms with van der Waals surface area (Å²) in [5.74, 6) is 0.917. The highest BCUT2D eigenvalue weighted by Gasteiger charge is 2.30. The number of ketones is 1. The fourth-order valence-electron chi connectivity index (χ4n) is 2.49. The molecule has 1 saturated heterocycles. The molecule has 0 saturated carbocycles. The van der Waals surface area contributed by atoms with Gasteiger partial charge in [-0.25, -0.2) is 0 Å². The quantitative estimate of drug-likeness (QED) is 0.795. The highest BCUT2D eigenvalue weighted by Crippen LogP contribution is 2.29. The summed E-state index contributed by atoms with van der Waals surface area (Å²) in [5, 5.41) is 0. The summed E-state index contributed by atoms with van der Waals surface area (Å²) in [7, 11) is 1.62. The van der Waals surface area contributed by atoms with Crippen LogP contribution in [0, 0.1) is 5.41 Å². The Bertz CT molecular complexity index is 485. The second-order valence-electron chi connectivity index (χ2n) is 5.90. The number of methoxy groups -OCH3 is 1. The summed E-state index contributed by atoms with van der Waals surface area (Å²) in [6.07, 6.45) is 1.16. The Morgan fingerprint density at radius 3 is 2.74 bits per heavy atom. The van der Waals surface area contributed by atoms with Crippen molar-refractivity contribution in [2.75, 3.05) is 26.7 Å². The number of carbonyl (C=O) groups is 1. The summed E-state index contributed by atoms with van der Waals surface area (Å²) in [6.45, 7) is 7.01. The van der Waals surface area contributed by atoms with Crippen molar-refractivity contribution in [2.45, 2.75) is 20.3 Å². The van der Waals surface area contributed by atoms with Gasteiger partial charge in [0.25, 0.3) is 0 Å². The van der Waals surface area contributed by atoms with Crippen LogP contribution in [0.15, 0.2) is 22.7 Å². The van der Waals surface area contributed by atoms with Gasteiger partial charge >= 0.3 is 0 Å². The Morgan fingerprint density at radius 1 is 1.47 bits per heavy atom. The summed E-state index contributed by atoms with van der Waals surface area (Å²) in [6, 6.07) is 5.49. The number of rotatable bonds is 4. The van der Waals surface area contributed by atoms with Crippen molar-refractivity contribution in [2.24, 2.45) is 5.41 Å². The largest absolute Gasteiger partial charge is 0.496 e.